The topological polar surface area (TPSA) is 134 Å². The number of ether oxygens (including phenoxy) is 3. The summed E-state index contributed by atoms with van der Waals surface area (Å²) in [4.78, 5) is 46.5. The predicted octanol–water partition coefficient (Wildman–Crippen LogP) is 12.4. The second-order valence-corrected chi connectivity index (χ2v) is 43.9. The van der Waals surface area contributed by atoms with Gasteiger partial charge in [-0.05, 0) is 65.6 Å². The van der Waals surface area contributed by atoms with Gasteiger partial charge in [0.25, 0.3) is 5.91 Å². The average molecular weight is 1260 g/mol. The number of amides is 3. The van der Waals surface area contributed by atoms with Gasteiger partial charge in [-0.15, -0.1) is 0 Å². The molecule has 3 amide bonds. The number of carbonyl (C=O) groups is 4. The summed E-state index contributed by atoms with van der Waals surface area (Å²) in [5.41, 5.74) is 5.93. The number of nitrogens with two attached hydrogens (primary N) is 1. The van der Waals surface area contributed by atoms with Gasteiger partial charge in [0.05, 0.1) is 0 Å². The van der Waals surface area contributed by atoms with E-state index < -0.39 is 18.2 Å². The summed E-state index contributed by atoms with van der Waals surface area (Å²) in [7, 11) is 0. The Kier molecular flexibility index (Phi) is 40.7. The van der Waals surface area contributed by atoms with Gasteiger partial charge in [0.2, 0.25) is 5.91 Å². The predicted molar refractivity (Wildman–Crippen MR) is 246 cm³/mol. The van der Waals surface area contributed by atoms with E-state index in [2.05, 4.69) is 87.8 Å². The first-order valence-electron chi connectivity index (χ1n) is 15.8. The third-order valence-electron chi connectivity index (χ3n) is 5.15. The number of hydrogen-bond donors (Lipinski definition) is 2. The zero-order chi connectivity index (χ0) is 40.3. The molecule has 0 spiro atoms. The normalized spacial score (nSPS) is 8.48. The van der Waals surface area contributed by atoms with Crippen molar-refractivity contribution in [3.05, 3.63) is 163 Å². The minimum Gasteiger partial charge on any atom is 0 e. The van der Waals surface area contributed by atoms with E-state index >= 15 is 0 Å². The van der Waals surface area contributed by atoms with Crippen molar-refractivity contribution in [1.82, 2.24) is 5.32 Å². The van der Waals surface area contributed by atoms with Gasteiger partial charge in [0.1, 0.15) is 17.2 Å². The summed E-state index contributed by atoms with van der Waals surface area (Å²) >= 11 is 9.54. The van der Waals surface area contributed by atoms with Gasteiger partial charge in [-0.25, -0.2) is 9.59 Å². The number of rotatable bonds is 5. The van der Waals surface area contributed by atoms with Crippen LogP contribution in [0.2, 0.25) is 0 Å². The largest absolute Gasteiger partial charge is 0 e. The van der Waals surface area contributed by atoms with Crippen molar-refractivity contribution < 1.29 is 56.9 Å². The van der Waals surface area contributed by atoms with Crippen LogP contribution in [-0.4, -0.2) is 29.0 Å². The first kappa shape index (κ1) is 56.2. The molecule has 54 heavy (non-hydrogen) atoms. The van der Waals surface area contributed by atoms with Crippen molar-refractivity contribution in [3.8, 4) is 17.2 Å². The second-order valence-electron chi connectivity index (χ2n) is 8.52. The van der Waals surface area contributed by atoms with Crippen LogP contribution in [0, 0.1) is 0 Å². The molecular weight excluding hydrogens is 1220 g/mol. The number of alkyl halides is 1. The van der Waals surface area contributed by atoms with Gasteiger partial charge < -0.3 is 19.9 Å². The first-order chi connectivity index (χ1) is 25.6. The molecule has 0 saturated heterocycles. The fourth-order valence-electron chi connectivity index (χ4n) is 3.17. The molecule has 0 aliphatic carbocycles. The molecule has 5 rings (SSSR count). The second kappa shape index (κ2) is 39.1. The first-order valence-corrected chi connectivity index (χ1v) is 31.4. The third kappa shape index (κ3) is 31.1. The smallest absolute Gasteiger partial charge is 0 e. The monoisotopic (exact) mass is 1260 g/mol. The molecule has 289 valence electrons. The maximum absolute atomic E-state index is 11.6. The number of benzene rings is 5. The van der Waals surface area contributed by atoms with E-state index in [9.17, 15) is 19.2 Å². The minimum atomic E-state index is -0.796. The molecule has 0 saturated carbocycles. The summed E-state index contributed by atoms with van der Waals surface area (Å²) in [5.74, 6) is 0.440. The molecule has 0 unspecified atom stereocenters. The van der Waals surface area contributed by atoms with Gasteiger partial charge in [-0.2, -0.15) is 0 Å². The molecule has 0 bridgehead atoms. The number of nitrogens with one attached hydrogen (secondary N) is 1. The van der Waals surface area contributed by atoms with E-state index in [4.69, 9.17) is 19.9 Å². The Hall–Kier alpha value is -2.13. The minimum absolute atomic E-state index is 0. The SMILES string of the molecule is CC.CC.CI.NC(=O)c1ccccc1.O=C(NC(=O)c1ccccc1)Oc1ccccc1.O=C(Oc1ccccc1)Oc1ccccc1.[I][V]([I])[I].[V]. The van der Waals surface area contributed by atoms with Crippen molar-refractivity contribution >= 4 is 107 Å². The molecule has 0 aliphatic rings. The van der Waals surface area contributed by atoms with Crippen molar-refractivity contribution in [1.29, 1.82) is 0 Å². The molecule has 0 aliphatic heterocycles. The van der Waals surface area contributed by atoms with E-state index in [1.165, 1.54) is 0 Å². The summed E-state index contributed by atoms with van der Waals surface area (Å²) < 4.78 is 14.8. The number of hydrogen-bond acceptors (Lipinski definition) is 7. The zero-order valence-corrected chi connectivity index (χ0v) is 41.7. The summed E-state index contributed by atoms with van der Waals surface area (Å²) in [5, 5.41) is 2.14. The van der Waals surface area contributed by atoms with Gasteiger partial charge in [-0.3, -0.25) is 14.9 Å². The van der Waals surface area contributed by atoms with Crippen LogP contribution in [0.15, 0.2) is 152 Å². The number of primary amides is 1. The number of imide groups is 1. The standard InChI is InChI=1S/C14H11NO3.C13H10O3.C7H7NO.2C2H6.CH3I.3HI.2V/c16-13(11-7-3-1-4-8-11)15-14(17)18-12-9-5-2-6-10-12;14-13(15-11-7-3-1-4-8-11)16-12-9-5-2-6-10-12;8-7(9)6-4-2-1-3-5-6;3*1-2;;;;;/h1-10H,(H,15,16,17);1-10H;1-5H,(H2,8,9);2*1-2H3;1H3;3*1H;;/q;;;;;;;;;;+3/p-3. The summed E-state index contributed by atoms with van der Waals surface area (Å²) in [6, 6.07) is 43.3. The maximum Gasteiger partial charge on any atom is 0 e. The number of para-hydroxylation sites is 3. The van der Waals surface area contributed by atoms with Crippen LogP contribution in [0.1, 0.15) is 48.4 Å². The van der Waals surface area contributed by atoms with Crippen molar-refractivity contribution in [2.45, 2.75) is 27.7 Å². The Bertz CT molecular complexity index is 1600. The molecule has 0 aromatic heterocycles. The molecular formula is C39H43I4N2O7V2. The Morgan fingerprint density at radius 2 is 0.759 bits per heavy atom. The van der Waals surface area contributed by atoms with Gasteiger partial charge >= 0.3 is 77.1 Å². The molecule has 1 radical (unpaired) electrons. The van der Waals surface area contributed by atoms with E-state index in [1.54, 1.807) is 133 Å². The van der Waals surface area contributed by atoms with Gasteiger partial charge in [0.15, 0.2) is 0 Å². The molecule has 0 atom stereocenters. The van der Waals surface area contributed by atoms with Crippen LogP contribution in [0.25, 0.3) is 0 Å². The molecule has 9 nitrogen and oxygen atoms in total. The Labute approximate surface area is 382 Å². The van der Waals surface area contributed by atoms with E-state index in [1.807, 2.05) is 50.8 Å². The quantitative estimate of drug-likeness (QED) is 0.0775. The molecule has 5 aromatic carbocycles. The maximum atomic E-state index is 11.6. The Morgan fingerprint density at radius 1 is 0.500 bits per heavy atom. The van der Waals surface area contributed by atoms with Gasteiger partial charge in [0, 0.05) is 29.7 Å². The van der Waals surface area contributed by atoms with E-state index in [0.29, 0.717) is 28.4 Å². The fourth-order valence-corrected chi connectivity index (χ4v) is 3.17. The Balaban J connectivity index is -0.000000659. The Morgan fingerprint density at radius 3 is 1.04 bits per heavy atom. The number of carbonyl (C=O) groups excluding carboxylic acids is 4. The van der Waals surface area contributed by atoms with Crippen LogP contribution in [-0.2, 0) is 23.5 Å². The third-order valence-corrected chi connectivity index (χ3v) is 5.15. The average Bonchev–Trinajstić information content (AvgIpc) is 3.19. The van der Waals surface area contributed by atoms with Crippen molar-refractivity contribution in [2.24, 2.45) is 5.73 Å². The molecule has 15 heteroatoms. The van der Waals surface area contributed by atoms with Crippen LogP contribution in [0.3, 0.4) is 0 Å². The van der Waals surface area contributed by atoms with Crippen LogP contribution >= 0.6 is 82.5 Å². The van der Waals surface area contributed by atoms with E-state index in [0.717, 1.165) is 0 Å². The molecule has 3 N–H and O–H groups in total. The zero-order valence-electron chi connectivity index (χ0n) is 30.3. The molecule has 0 fully saturated rings. The van der Waals surface area contributed by atoms with Gasteiger partial charge in [-0.1, -0.05) is 141 Å². The fraction of sp³-hybridized carbons (Fsp3) is 0.128. The molecule has 5 aromatic rings. The summed E-state index contributed by atoms with van der Waals surface area (Å²) in [6.45, 7) is 8.00. The van der Waals surface area contributed by atoms with E-state index in [-0.39, 0.29) is 29.4 Å². The van der Waals surface area contributed by atoms with Crippen LogP contribution in [0.5, 0.6) is 17.2 Å². The van der Waals surface area contributed by atoms with Crippen LogP contribution in [0.4, 0.5) is 9.59 Å². The number of halogens is 4. The van der Waals surface area contributed by atoms with Crippen molar-refractivity contribution in [2.75, 3.05) is 4.93 Å². The summed E-state index contributed by atoms with van der Waals surface area (Å²) in [6.07, 6.45) is -1.53. The van der Waals surface area contributed by atoms with Crippen molar-refractivity contribution in [3.63, 3.8) is 0 Å². The van der Waals surface area contributed by atoms with Crippen LogP contribution < -0.4 is 25.3 Å². The molecule has 0 heterocycles.